The summed E-state index contributed by atoms with van der Waals surface area (Å²) in [5, 5.41) is 21.5. The Bertz CT molecular complexity index is 124. The first kappa shape index (κ1) is 20.8. The van der Waals surface area contributed by atoms with Gasteiger partial charge < -0.3 is 15.1 Å². The van der Waals surface area contributed by atoms with Crippen LogP contribution in [-0.2, 0) is 22.2 Å². The van der Waals surface area contributed by atoms with Crippen molar-refractivity contribution < 1.29 is 37.3 Å². The molecule has 0 amide bonds. The summed E-state index contributed by atoms with van der Waals surface area (Å²) in [5.41, 5.74) is 0. The minimum atomic E-state index is -2.17. The molecule has 0 saturated heterocycles. The van der Waals surface area contributed by atoms with Crippen LogP contribution < -0.4 is 0 Å². The molecule has 0 aromatic heterocycles. The summed E-state index contributed by atoms with van der Waals surface area (Å²) in [7, 11) is -2.17. The zero-order valence-electron chi connectivity index (χ0n) is 11.8. The zero-order chi connectivity index (χ0) is 14.1. The maximum absolute atomic E-state index is 7.17. The summed E-state index contributed by atoms with van der Waals surface area (Å²) in [5.74, 6) is 0. The van der Waals surface area contributed by atoms with Gasteiger partial charge in [0.15, 0.2) is 0 Å². The van der Waals surface area contributed by atoms with Crippen molar-refractivity contribution in [1.82, 2.24) is 0 Å². The molecule has 0 radical (unpaired) electrons. The molecule has 0 aliphatic carbocycles. The second-order valence-electron chi connectivity index (χ2n) is 4.44. The van der Waals surface area contributed by atoms with Crippen molar-refractivity contribution in [1.29, 1.82) is 0 Å². The Balaban J connectivity index is 0. The Morgan fingerprint density at radius 1 is 0.778 bits per heavy atom. The fourth-order valence-corrected chi connectivity index (χ4v) is 2.12. The quantitative estimate of drug-likeness (QED) is 0.404. The van der Waals surface area contributed by atoms with Gasteiger partial charge in [-0.15, -0.1) is 0 Å². The van der Waals surface area contributed by atoms with Crippen LogP contribution in [0.25, 0.3) is 0 Å². The van der Waals surface area contributed by atoms with Crippen LogP contribution in [-0.4, -0.2) is 29.0 Å². The maximum atomic E-state index is 7.17. The molecule has 0 aromatic rings. The van der Waals surface area contributed by atoms with E-state index < -0.39 is 7.32 Å². The average Bonchev–Trinajstić information content (AvgIpc) is 2.31. The molecule has 105 valence electrons. The summed E-state index contributed by atoms with van der Waals surface area (Å²) in [4.78, 5) is 0. The monoisotopic (exact) mass is 311 g/mol. The van der Waals surface area contributed by atoms with E-state index in [4.69, 9.17) is 18.6 Å². The predicted octanol–water partition coefficient (Wildman–Crippen LogP) is 2.33. The number of hydrogen-bond acceptors (Lipinski definition) is 4. The largest absolute Gasteiger partial charge is 0.631 e. The van der Waals surface area contributed by atoms with Crippen LogP contribution in [0.5, 0.6) is 0 Å². The van der Waals surface area contributed by atoms with Crippen LogP contribution in [0.1, 0.15) is 71.1 Å². The van der Waals surface area contributed by atoms with E-state index in [1.54, 1.807) is 0 Å². The minimum Gasteiger partial charge on any atom is -0.402 e. The van der Waals surface area contributed by atoms with Gasteiger partial charge in [-0.25, -0.2) is 0 Å². The summed E-state index contributed by atoms with van der Waals surface area (Å²) in [6, 6.07) is 0. The van der Waals surface area contributed by atoms with Crippen molar-refractivity contribution in [3.05, 3.63) is 0 Å². The molecule has 3 N–H and O–H groups in total. The van der Waals surface area contributed by atoms with Gasteiger partial charge in [0.2, 0.25) is 0 Å². The van der Waals surface area contributed by atoms with Gasteiger partial charge in [-0.2, -0.15) is 0 Å². The Morgan fingerprint density at radius 3 is 1.44 bits per heavy atom. The molecule has 0 fully saturated rings. The van der Waals surface area contributed by atoms with Crippen LogP contribution in [0.3, 0.4) is 0 Å². The van der Waals surface area contributed by atoms with Gasteiger partial charge in [0, 0.05) is 0 Å². The molecule has 0 rings (SSSR count). The van der Waals surface area contributed by atoms with E-state index in [0.29, 0.717) is 0 Å². The molecule has 0 saturated carbocycles. The van der Waals surface area contributed by atoms with Crippen LogP contribution >= 0.6 is 0 Å². The van der Waals surface area contributed by atoms with Crippen molar-refractivity contribution in [2.24, 2.45) is 0 Å². The molecule has 0 unspecified atom stereocenters. The molecular formula is C12H28BO4Zn. The van der Waals surface area contributed by atoms with Gasteiger partial charge in [-0.3, -0.25) is 0 Å². The van der Waals surface area contributed by atoms with Gasteiger partial charge in [0.05, 0.1) is 0 Å². The van der Waals surface area contributed by atoms with Crippen molar-refractivity contribution in [3.8, 4) is 0 Å². The molecule has 0 spiro atoms. The number of hydrogen-bond donors (Lipinski definition) is 3. The second-order valence-corrected chi connectivity index (χ2v) is 5.29. The third kappa shape index (κ3) is 30.0. The number of unbranched alkanes of at least 4 members (excludes halogenated alkanes) is 9. The van der Waals surface area contributed by atoms with E-state index in [2.05, 4.69) is 6.92 Å². The van der Waals surface area contributed by atoms with E-state index in [0.717, 1.165) is 25.3 Å². The fourth-order valence-electron chi connectivity index (χ4n) is 1.69. The Morgan fingerprint density at radius 2 is 1.11 bits per heavy atom. The maximum Gasteiger partial charge on any atom is 0.631 e. The summed E-state index contributed by atoms with van der Waals surface area (Å²) >= 11 is 0.997. The van der Waals surface area contributed by atoms with E-state index >= 15 is 0 Å². The molecule has 0 aromatic carbocycles. The van der Waals surface area contributed by atoms with Gasteiger partial charge in [0.1, 0.15) is 0 Å². The molecule has 6 heteroatoms. The van der Waals surface area contributed by atoms with Crippen molar-refractivity contribution in [2.45, 2.75) is 71.1 Å². The summed E-state index contributed by atoms with van der Waals surface area (Å²) in [6.45, 7) is 3.27. The number of rotatable bonds is 11. The summed E-state index contributed by atoms with van der Waals surface area (Å²) < 4.78 is 5.14. The van der Waals surface area contributed by atoms with Crippen molar-refractivity contribution in [2.75, 3.05) is 6.61 Å². The van der Waals surface area contributed by atoms with Crippen LogP contribution in [0.4, 0.5) is 0 Å². The average molecular weight is 313 g/mol. The van der Waals surface area contributed by atoms with E-state index in [-0.39, 0.29) is 0 Å². The first-order valence-corrected chi connectivity index (χ1v) is 8.27. The molecule has 0 bridgehead atoms. The van der Waals surface area contributed by atoms with Gasteiger partial charge in [0.25, 0.3) is 0 Å². The molecule has 0 aliphatic heterocycles. The first-order valence-electron chi connectivity index (χ1n) is 7.06. The molecular weight excluding hydrogens is 284 g/mol. The third-order valence-electron chi connectivity index (χ3n) is 2.64. The van der Waals surface area contributed by atoms with Crippen LogP contribution in [0.2, 0.25) is 0 Å². The second kappa shape index (κ2) is 19.9. The zero-order valence-corrected chi connectivity index (χ0v) is 14.8. The van der Waals surface area contributed by atoms with Gasteiger partial charge >= 0.3 is 100 Å². The van der Waals surface area contributed by atoms with Crippen LogP contribution in [0.15, 0.2) is 0 Å². The Labute approximate surface area is 122 Å². The van der Waals surface area contributed by atoms with E-state index in [1.165, 1.54) is 64.2 Å². The fraction of sp³-hybridized carbons (Fsp3) is 1.00. The van der Waals surface area contributed by atoms with Gasteiger partial charge in [-0.1, -0.05) is 6.92 Å². The molecule has 18 heavy (non-hydrogen) atoms. The van der Waals surface area contributed by atoms with E-state index in [1.807, 2.05) is 0 Å². The predicted molar refractivity (Wildman–Crippen MR) is 70.2 cm³/mol. The normalized spacial score (nSPS) is 9.89. The first-order chi connectivity index (χ1) is 8.65. The molecule has 0 aliphatic rings. The summed E-state index contributed by atoms with van der Waals surface area (Å²) in [6.07, 6.45) is 14.1. The van der Waals surface area contributed by atoms with E-state index in [9.17, 15) is 0 Å². The molecule has 0 heterocycles. The topological polar surface area (TPSA) is 69.9 Å². The Hall–Kier alpha value is 0.528. The SMILES string of the molecule is CCCCCCCCCCCC[O][Zn].OB(O)O. The van der Waals surface area contributed by atoms with Gasteiger partial charge in [-0.05, 0) is 0 Å². The Kier molecular flexibility index (Phi) is 23.0. The smallest absolute Gasteiger partial charge is 0.402 e. The third-order valence-corrected chi connectivity index (χ3v) is 3.25. The molecule has 0 atom stereocenters. The minimum absolute atomic E-state index is 0.997. The van der Waals surface area contributed by atoms with Crippen molar-refractivity contribution >= 4 is 7.32 Å². The van der Waals surface area contributed by atoms with Crippen molar-refractivity contribution in [3.63, 3.8) is 0 Å². The van der Waals surface area contributed by atoms with Crippen LogP contribution in [0, 0.1) is 0 Å². The standard InChI is InChI=1S/C12H25O.BH3O3.Zn/c1-2-3-4-5-6-7-8-9-10-11-12-13;2-1(3)4;/h2-12H2,1H3;2-4H;/q-1;;+1. The molecule has 4 nitrogen and oxygen atoms in total.